The highest BCUT2D eigenvalue weighted by Crippen LogP contribution is 2.26. The van der Waals surface area contributed by atoms with Crippen LogP contribution in [0.15, 0.2) is 16.7 Å². The minimum Gasteiger partial charge on any atom is -0.354 e. The standard InChI is InChI=1S/C12H15BrClFN2/c13-10-6-11(15)12(16-7-10)17-5-1-2-9(8-17)3-4-14/h6-7,9H,1-5,8H2. The molecule has 0 aromatic carbocycles. The zero-order valence-corrected chi connectivity index (χ0v) is 11.8. The Hall–Kier alpha value is -0.350. The molecular formula is C12H15BrClFN2. The normalized spacial score (nSPS) is 20.6. The van der Waals surface area contributed by atoms with Crippen molar-refractivity contribution >= 4 is 33.3 Å². The van der Waals surface area contributed by atoms with Gasteiger partial charge in [0.25, 0.3) is 0 Å². The predicted octanol–water partition coefficient (Wildman–Crippen LogP) is 3.83. The first kappa shape index (κ1) is 13.1. The summed E-state index contributed by atoms with van der Waals surface area (Å²) < 4.78 is 14.5. The molecule has 2 rings (SSSR count). The van der Waals surface area contributed by atoms with Gasteiger partial charge in [0.05, 0.1) is 0 Å². The molecule has 1 unspecified atom stereocenters. The van der Waals surface area contributed by atoms with Crippen molar-refractivity contribution in [2.24, 2.45) is 5.92 Å². The Bertz CT molecular complexity index is 387. The third-order valence-electron chi connectivity index (χ3n) is 3.12. The van der Waals surface area contributed by atoms with Crippen LogP contribution < -0.4 is 4.90 Å². The van der Waals surface area contributed by atoms with E-state index in [-0.39, 0.29) is 5.82 Å². The monoisotopic (exact) mass is 320 g/mol. The molecule has 1 aromatic heterocycles. The van der Waals surface area contributed by atoms with Crippen LogP contribution in [0.1, 0.15) is 19.3 Å². The van der Waals surface area contributed by atoms with Crippen molar-refractivity contribution in [3.05, 3.63) is 22.6 Å². The zero-order chi connectivity index (χ0) is 12.3. The molecule has 17 heavy (non-hydrogen) atoms. The van der Waals surface area contributed by atoms with Gasteiger partial charge in [0.15, 0.2) is 11.6 Å². The largest absolute Gasteiger partial charge is 0.354 e. The highest BCUT2D eigenvalue weighted by atomic mass is 79.9. The number of pyridine rings is 1. The lowest BCUT2D eigenvalue weighted by Crippen LogP contribution is -2.36. The van der Waals surface area contributed by atoms with Crippen LogP contribution in [-0.2, 0) is 0 Å². The maximum Gasteiger partial charge on any atom is 0.166 e. The number of halogens is 3. The second-order valence-electron chi connectivity index (χ2n) is 4.39. The molecule has 1 fully saturated rings. The molecule has 0 amide bonds. The van der Waals surface area contributed by atoms with Crippen molar-refractivity contribution < 1.29 is 4.39 Å². The van der Waals surface area contributed by atoms with Gasteiger partial charge in [-0.25, -0.2) is 9.37 Å². The summed E-state index contributed by atoms with van der Waals surface area (Å²) in [4.78, 5) is 6.20. The van der Waals surface area contributed by atoms with E-state index >= 15 is 0 Å². The third kappa shape index (κ3) is 3.32. The van der Waals surface area contributed by atoms with Gasteiger partial charge in [0.1, 0.15) is 0 Å². The van der Waals surface area contributed by atoms with Crippen molar-refractivity contribution in [3.63, 3.8) is 0 Å². The summed E-state index contributed by atoms with van der Waals surface area (Å²) in [5, 5.41) is 0. The van der Waals surface area contributed by atoms with Crippen molar-refractivity contribution in [3.8, 4) is 0 Å². The Morgan fingerprint density at radius 1 is 1.59 bits per heavy atom. The molecule has 1 atom stereocenters. The fourth-order valence-corrected chi connectivity index (χ4v) is 2.90. The Kier molecular flexibility index (Phi) is 4.62. The van der Waals surface area contributed by atoms with Gasteiger partial charge < -0.3 is 4.90 Å². The van der Waals surface area contributed by atoms with Crippen LogP contribution in [-0.4, -0.2) is 24.0 Å². The number of hydrogen-bond acceptors (Lipinski definition) is 2. The van der Waals surface area contributed by atoms with E-state index in [9.17, 15) is 4.39 Å². The van der Waals surface area contributed by atoms with Gasteiger partial charge in [-0.05, 0) is 47.2 Å². The summed E-state index contributed by atoms with van der Waals surface area (Å²) in [6.45, 7) is 1.74. The van der Waals surface area contributed by atoms with Crippen molar-refractivity contribution in [1.82, 2.24) is 4.98 Å². The van der Waals surface area contributed by atoms with Crippen molar-refractivity contribution in [1.29, 1.82) is 0 Å². The van der Waals surface area contributed by atoms with E-state index in [4.69, 9.17) is 11.6 Å². The molecule has 2 heterocycles. The molecule has 1 aliphatic heterocycles. The van der Waals surface area contributed by atoms with E-state index in [1.807, 2.05) is 4.90 Å². The zero-order valence-electron chi connectivity index (χ0n) is 9.50. The van der Waals surface area contributed by atoms with E-state index in [0.29, 0.717) is 22.1 Å². The predicted molar refractivity (Wildman–Crippen MR) is 72.2 cm³/mol. The number of anilines is 1. The van der Waals surface area contributed by atoms with Gasteiger partial charge in [-0.15, -0.1) is 11.6 Å². The maximum atomic E-state index is 13.8. The first-order valence-electron chi connectivity index (χ1n) is 5.82. The SMILES string of the molecule is Fc1cc(Br)cnc1N1CCCC(CCCl)C1. The molecule has 0 saturated carbocycles. The molecule has 0 aliphatic carbocycles. The Balaban J connectivity index is 2.10. The first-order valence-corrected chi connectivity index (χ1v) is 7.15. The van der Waals surface area contributed by atoms with Gasteiger partial charge in [0.2, 0.25) is 0 Å². The summed E-state index contributed by atoms with van der Waals surface area (Å²) in [6, 6.07) is 1.47. The minimum atomic E-state index is -0.258. The molecule has 1 aliphatic rings. The maximum absolute atomic E-state index is 13.8. The molecule has 5 heteroatoms. The number of piperidine rings is 1. The number of rotatable bonds is 3. The summed E-state index contributed by atoms with van der Waals surface area (Å²) in [6.07, 6.45) is 4.90. The number of hydrogen-bond donors (Lipinski definition) is 0. The molecule has 94 valence electrons. The van der Waals surface area contributed by atoms with E-state index < -0.39 is 0 Å². The first-order chi connectivity index (χ1) is 8.20. The summed E-state index contributed by atoms with van der Waals surface area (Å²) in [7, 11) is 0. The Morgan fingerprint density at radius 3 is 3.12 bits per heavy atom. The number of aromatic nitrogens is 1. The Morgan fingerprint density at radius 2 is 2.41 bits per heavy atom. The van der Waals surface area contributed by atoms with Gasteiger partial charge in [-0.3, -0.25) is 0 Å². The summed E-state index contributed by atoms with van der Waals surface area (Å²) in [5.74, 6) is 1.44. The van der Waals surface area contributed by atoms with Crippen LogP contribution >= 0.6 is 27.5 Å². The molecule has 0 spiro atoms. The van der Waals surface area contributed by atoms with Gasteiger partial charge in [-0.1, -0.05) is 0 Å². The van der Waals surface area contributed by atoms with Crippen molar-refractivity contribution in [2.75, 3.05) is 23.9 Å². The Labute approximate surface area is 114 Å². The fourth-order valence-electron chi connectivity index (χ4n) is 2.29. The van der Waals surface area contributed by atoms with E-state index in [1.54, 1.807) is 6.20 Å². The average molecular weight is 322 g/mol. The van der Waals surface area contributed by atoms with Crippen LogP contribution in [0.2, 0.25) is 0 Å². The third-order valence-corrected chi connectivity index (χ3v) is 3.78. The average Bonchev–Trinajstić information content (AvgIpc) is 2.29. The molecule has 0 bridgehead atoms. The lowest BCUT2D eigenvalue weighted by Gasteiger charge is -2.33. The lowest BCUT2D eigenvalue weighted by molar-refractivity contribution is 0.401. The van der Waals surface area contributed by atoms with Gasteiger partial charge >= 0.3 is 0 Å². The fraction of sp³-hybridized carbons (Fsp3) is 0.583. The minimum absolute atomic E-state index is 0.258. The second-order valence-corrected chi connectivity index (χ2v) is 5.68. The topological polar surface area (TPSA) is 16.1 Å². The molecule has 2 nitrogen and oxygen atoms in total. The smallest absolute Gasteiger partial charge is 0.166 e. The highest BCUT2D eigenvalue weighted by Gasteiger charge is 2.22. The lowest BCUT2D eigenvalue weighted by atomic mass is 9.95. The van der Waals surface area contributed by atoms with Crippen LogP contribution in [0, 0.1) is 11.7 Å². The molecule has 1 saturated heterocycles. The number of alkyl halides is 1. The van der Waals surface area contributed by atoms with Gasteiger partial charge in [0, 0.05) is 29.6 Å². The van der Waals surface area contributed by atoms with Crippen LogP contribution in [0.4, 0.5) is 10.2 Å². The highest BCUT2D eigenvalue weighted by molar-refractivity contribution is 9.10. The van der Waals surface area contributed by atoms with Crippen LogP contribution in [0.25, 0.3) is 0 Å². The summed E-state index contributed by atoms with van der Waals surface area (Å²) >= 11 is 8.98. The molecule has 0 N–H and O–H groups in total. The van der Waals surface area contributed by atoms with E-state index in [2.05, 4.69) is 20.9 Å². The van der Waals surface area contributed by atoms with Crippen LogP contribution in [0.3, 0.4) is 0 Å². The van der Waals surface area contributed by atoms with E-state index in [1.165, 1.54) is 12.5 Å². The quantitative estimate of drug-likeness (QED) is 0.787. The summed E-state index contributed by atoms with van der Waals surface area (Å²) in [5.41, 5.74) is 0. The van der Waals surface area contributed by atoms with E-state index in [0.717, 1.165) is 25.9 Å². The van der Waals surface area contributed by atoms with Crippen LogP contribution in [0.5, 0.6) is 0 Å². The second kappa shape index (κ2) is 6.01. The van der Waals surface area contributed by atoms with Gasteiger partial charge in [-0.2, -0.15) is 0 Å². The molecular weight excluding hydrogens is 307 g/mol. The number of nitrogens with zero attached hydrogens (tertiary/aromatic N) is 2. The molecule has 0 radical (unpaired) electrons. The van der Waals surface area contributed by atoms with Crippen molar-refractivity contribution in [2.45, 2.75) is 19.3 Å². The molecule has 1 aromatic rings.